The molecule has 1 fully saturated rings. The summed E-state index contributed by atoms with van der Waals surface area (Å²) in [7, 11) is -2.86. The van der Waals surface area contributed by atoms with Crippen LogP contribution in [0.25, 0.3) is 0 Å². The van der Waals surface area contributed by atoms with Gasteiger partial charge in [-0.3, -0.25) is 14.4 Å². The number of carbonyl (C=O) groups is 1. The molecule has 0 aliphatic carbocycles. The average molecular weight is 561 g/mol. The number of likely N-dealkylation sites (tertiary alicyclic amines) is 1. The second kappa shape index (κ2) is 11.9. The van der Waals surface area contributed by atoms with Crippen molar-refractivity contribution in [2.75, 3.05) is 29.8 Å². The first-order valence-electron chi connectivity index (χ1n) is 10.9. The van der Waals surface area contributed by atoms with Crippen LogP contribution in [0.15, 0.2) is 40.1 Å². The van der Waals surface area contributed by atoms with Gasteiger partial charge >= 0.3 is 0 Å². The molecule has 3 aromatic rings. The molecule has 8 nitrogen and oxygen atoms in total. The molecular weight excluding hydrogens is 536 g/mol. The number of aromatic nitrogens is 1. The average Bonchev–Trinajstić information content (AvgIpc) is 3.51. The van der Waals surface area contributed by atoms with E-state index in [-0.39, 0.29) is 41.7 Å². The third kappa shape index (κ3) is 6.37. The van der Waals surface area contributed by atoms with E-state index >= 15 is 4.39 Å². The molecule has 1 saturated heterocycles. The lowest BCUT2D eigenvalue weighted by atomic mass is 10.1. The third-order valence-electron chi connectivity index (χ3n) is 5.93. The van der Waals surface area contributed by atoms with Crippen LogP contribution in [0.1, 0.15) is 17.5 Å². The molecule has 37 heavy (non-hydrogen) atoms. The Hall–Kier alpha value is -3.23. The van der Waals surface area contributed by atoms with Gasteiger partial charge in [-0.1, -0.05) is 12.1 Å². The minimum atomic E-state index is -4.53. The smallest absolute Gasteiger partial charge is 0.290 e. The zero-order valence-electron chi connectivity index (χ0n) is 19.8. The summed E-state index contributed by atoms with van der Waals surface area (Å²) in [6, 6.07) is 4.86. The number of sulfonamides is 1. The Morgan fingerprint density at radius 3 is 2.59 bits per heavy atom. The van der Waals surface area contributed by atoms with Crippen LogP contribution in [0.4, 0.5) is 29.1 Å². The second-order valence-electron chi connectivity index (χ2n) is 8.23. The van der Waals surface area contributed by atoms with Crippen molar-refractivity contribution in [1.29, 1.82) is 0 Å². The predicted molar refractivity (Wildman–Crippen MR) is 131 cm³/mol. The molecule has 0 radical (unpaired) electrons. The summed E-state index contributed by atoms with van der Waals surface area (Å²) in [5.74, 6) is -4.22. The summed E-state index contributed by atoms with van der Waals surface area (Å²) in [6.45, 7) is 2.38. The Kier molecular flexibility index (Phi) is 9.10. The molecule has 1 aliphatic heterocycles. The molecule has 0 bridgehead atoms. The summed E-state index contributed by atoms with van der Waals surface area (Å²) >= 11 is 1.13. The van der Waals surface area contributed by atoms with E-state index in [1.165, 1.54) is 29.9 Å². The van der Waals surface area contributed by atoms with Crippen LogP contribution in [0.5, 0.6) is 0 Å². The van der Waals surface area contributed by atoms with Gasteiger partial charge in [-0.2, -0.15) is 0 Å². The van der Waals surface area contributed by atoms with Crippen LogP contribution in [0, 0.1) is 30.2 Å². The van der Waals surface area contributed by atoms with Crippen LogP contribution in [0.3, 0.4) is 0 Å². The number of benzene rings is 2. The Morgan fingerprint density at radius 2 is 1.95 bits per heavy atom. The first kappa shape index (κ1) is 28.3. The van der Waals surface area contributed by atoms with Gasteiger partial charge in [0.05, 0.1) is 5.51 Å². The summed E-state index contributed by atoms with van der Waals surface area (Å²) in [4.78, 5) is 14.7. The van der Waals surface area contributed by atoms with Crippen LogP contribution in [0.2, 0.25) is 0 Å². The van der Waals surface area contributed by atoms with Gasteiger partial charge in [0.2, 0.25) is 0 Å². The first-order chi connectivity index (χ1) is 17.5. The molecule has 4 rings (SSSR count). The van der Waals surface area contributed by atoms with Crippen LogP contribution >= 0.6 is 11.3 Å². The van der Waals surface area contributed by atoms with Crippen molar-refractivity contribution in [1.82, 2.24) is 9.88 Å². The lowest BCUT2D eigenvalue weighted by Gasteiger charge is -2.29. The van der Waals surface area contributed by atoms with Gasteiger partial charge in [0.25, 0.3) is 16.5 Å². The molecule has 200 valence electrons. The van der Waals surface area contributed by atoms with Gasteiger partial charge in [0.15, 0.2) is 28.2 Å². The Bertz CT molecular complexity index is 1360. The van der Waals surface area contributed by atoms with Gasteiger partial charge in [-0.15, -0.1) is 11.3 Å². The fourth-order valence-corrected chi connectivity index (χ4v) is 5.88. The Balaban J connectivity index is 0.00000121. The van der Waals surface area contributed by atoms with E-state index in [0.717, 1.165) is 23.5 Å². The highest BCUT2D eigenvalue weighted by atomic mass is 32.2. The fourth-order valence-electron chi connectivity index (χ4n) is 4.13. The van der Waals surface area contributed by atoms with Crippen molar-refractivity contribution in [2.24, 2.45) is 0 Å². The fraction of sp³-hybridized carbons (Fsp3) is 0.304. The van der Waals surface area contributed by atoms with Crippen LogP contribution < -0.4 is 9.62 Å². The number of carboxylic acid groups (broad SMARTS) is 1. The number of rotatable bonds is 7. The normalized spacial score (nSPS) is 15.7. The number of nitrogens with zero attached hydrogens (tertiary/aromatic N) is 3. The maximum absolute atomic E-state index is 15.1. The molecule has 2 N–H and O–H groups in total. The van der Waals surface area contributed by atoms with E-state index in [9.17, 15) is 21.6 Å². The van der Waals surface area contributed by atoms with Crippen molar-refractivity contribution in [3.63, 3.8) is 0 Å². The molecule has 2 heterocycles. The summed E-state index contributed by atoms with van der Waals surface area (Å²) in [5, 5.41) is 8.30. The molecule has 1 atom stereocenters. The quantitative estimate of drug-likeness (QED) is 0.330. The monoisotopic (exact) mass is 560 g/mol. The number of likely N-dealkylation sites (N-methyl/N-ethyl adjacent to an activating group) is 1. The molecule has 1 aromatic heterocycles. The minimum Gasteiger partial charge on any atom is -0.483 e. The number of nitrogens with one attached hydrogen (secondary N) is 1. The Labute approximate surface area is 215 Å². The van der Waals surface area contributed by atoms with E-state index in [0.29, 0.717) is 19.5 Å². The highest BCUT2D eigenvalue weighted by Crippen LogP contribution is 2.33. The number of hydrogen-bond acceptors (Lipinski definition) is 7. The highest BCUT2D eigenvalue weighted by molar-refractivity contribution is 7.92. The molecule has 1 aliphatic rings. The Morgan fingerprint density at radius 1 is 1.24 bits per heavy atom. The lowest BCUT2D eigenvalue weighted by molar-refractivity contribution is -0.122. The molecule has 14 heteroatoms. The molecule has 1 unspecified atom stereocenters. The summed E-state index contributed by atoms with van der Waals surface area (Å²) in [6.07, 6.45) is 0.627. The first-order valence-corrected chi connectivity index (χ1v) is 13.3. The zero-order valence-corrected chi connectivity index (χ0v) is 21.4. The maximum Gasteiger partial charge on any atom is 0.290 e. The van der Waals surface area contributed by atoms with Gasteiger partial charge in [-0.05, 0) is 25.5 Å². The molecule has 0 spiro atoms. The van der Waals surface area contributed by atoms with Gasteiger partial charge in [0.1, 0.15) is 5.82 Å². The molecule has 0 amide bonds. The molecule has 0 saturated carbocycles. The van der Waals surface area contributed by atoms with Crippen molar-refractivity contribution in [3.05, 3.63) is 69.6 Å². The van der Waals surface area contributed by atoms with E-state index in [2.05, 4.69) is 9.71 Å². The topological polar surface area (TPSA) is 103 Å². The van der Waals surface area contributed by atoms with E-state index in [1.807, 2.05) is 4.90 Å². The molecular formula is C23H24F4N4O4S2. The number of anilines is 2. The largest absolute Gasteiger partial charge is 0.483 e. The van der Waals surface area contributed by atoms with E-state index in [4.69, 9.17) is 9.90 Å². The van der Waals surface area contributed by atoms with Crippen LogP contribution in [-0.4, -0.2) is 56.1 Å². The van der Waals surface area contributed by atoms with Crippen molar-refractivity contribution in [2.45, 2.75) is 30.8 Å². The maximum atomic E-state index is 15.1. The summed E-state index contributed by atoms with van der Waals surface area (Å²) in [5.41, 5.74) is 1.82. The minimum absolute atomic E-state index is 0.0165. The lowest BCUT2D eigenvalue weighted by Crippen LogP contribution is -2.35. The highest BCUT2D eigenvalue weighted by Gasteiger charge is 2.32. The van der Waals surface area contributed by atoms with Gasteiger partial charge in [-0.25, -0.2) is 31.0 Å². The van der Waals surface area contributed by atoms with Crippen molar-refractivity contribution in [3.8, 4) is 0 Å². The van der Waals surface area contributed by atoms with Crippen LogP contribution in [-0.2, 0) is 21.4 Å². The third-order valence-corrected chi connectivity index (χ3v) is 7.91. The standard InChI is InChI=1S/C22H22F4N4O2S2.CH2O2/c1-13-18(8-17(24)22(20(13)25)34(31,32)28-19-11-33-12-27-19)29(2)15-6-7-30(10-15)9-14-4-3-5-16(23)21(14)26;2-1-3/h3-5,8,11-12,15,28H,6-7,9-10H2,1-2H3;1H,(H,2,3). The number of thiazole rings is 1. The predicted octanol–water partition coefficient (Wildman–Crippen LogP) is 4.22. The van der Waals surface area contributed by atoms with Crippen molar-refractivity contribution < 1.29 is 35.9 Å². The van der Waals surface area contributed by atoms with E-state index in [1.54, 1.807) is 11.9 Å². The SMILES string of the molecule is Cc1c(N(C)C2CCN(Cc3cccc(F)c3F)C2)cc(F)c(S(=O)(=O)Nc2cscn2)c1F.O=CO. The number of hydrogen-bond donors (Lipinski definition) is 2. The zero-order chi connectivity index (χ0) is 27.3. The second-order valence-corrected chi connectivity index (χ2v) is 10.6. The summed E-state index contributed by atoms with van der Waals surface area (Å²) < 4.78 is 84.9. The van der Waals surface area contributed by atoms with Gasteiger partial charge < -0.3 is 10.0 Å². The van der Waals surface area contributed by atoms with Crippen molar-refractivity contribution >= 4 is 39.3 Å². The number of halogens is 4. The van der Waals surface area contributed by atoms with Gasteiger partial charge in [0, 0.05) is 54.9 Å². The van der Waals surface area contributed by atoms with E-state index < -0.39 is 38.2 Å². The molecule has 2 aromatic carbocycles.